The Kier molecular flexibility index (Phi) is 4.26. The standard InChI is InChI=1S/C17H15NO5S/c1-22-10-6-5-9(8-11(10)23-2)14-13(16(20)17(21)18-14)15(19)12-4-3-7-24-12/h3-8,14,20H,1-2H3,(H,18,21)/t14-/m0/s1. The molecule has 2 N–H and O–H groups in total. The molecule has 1 aliphatic rings. The molecule has 2 heterocycles. The highest BCUT2D eigenvalue weighted by Gasteiger charge is 2.38. The number of carbonyl (C=O) groups is 2. The number of Topliss-reactive ketones (excluding diaryl/α,β-unsaturated/α-hetero) is 1. The first-order valence-electron chi connectivity index (χ1n) is 7.11. The van der Waals surface area contributed by atoms with Gasteiger partial charge in [0.15, 0.2) is 17.3 Å². The molecule has 2 aromatic rings. The molecular formula is C17H15NO5S. The van der Waals surface area contributed by atoms with Crippen LogP contribution < -0.4 is 14.8 Å². The third kappa shape index (κ3) is 2.63. The van der Waals surface area contributed by atoms with Crippen molar-refractivity contribution in [3.8, 4) is 11.5 Å². The van der Waals surface area contributed by atoms with Gasteiger partial charge in [-0.3, -0.25) is 9.59 Å². The minimum atomic E-state index is -0.744. The second-order valence-corrected chi connectivity index (χ2v) is 6.04. The Morgan fingerprint density at radius 3 is 2.58 bits per heavy atom. The van der Waals surface area contributed by atoms with Crippen molar-refractivity contribution in [2.75, 3.05) is 14.2 Å². The van der Waals surface area contributed by atoms with E-state index in [9.17, 15) is 14.7 Å². The summed E-state index contributed by atoms with van der Waals surface area (Å²) in [6.07, 6.45) is 0. The highest BCUT2D eigenvalue weighted by atomic mass is 32.1. The van der Waals surface area contributed by atoms with E-state index in [1.807, 2.05) is 0 Å². The molecule has 0 fully saturated rings. The Balaban J connectivity index is 2.04. The fourth-order valence-corrected chi connectivity index (χ4v) is 3.27. The van der Waals surface area contributed by atoms with Crippen molar-refractivity contribution in [1.82, 2.24) is 5.32 Å². The van der Waals surface area contributed by atoms with E-state index in [1.54, 1.807) is 35.7 Å². The van der Waals surface area contributed by atoms with Crippen molar-refractivity contribution in [3.63, 3.8) is 0 Å². The van der Waals surface area contributed by atoms with E-state index in [0.29, 0.717) is 21.9 Å². The lowest BCUT2D eigenvalue weighted by Gasteiger charge is -2.16. The average molecular weight is 345 g/mol. The highest BCUT2D eigenvalue weighted by Crippen LogP contribution is 2.36. The van der Waals surface area contributed by atoms with Crippen LogP contribution in [-0.2, 0) is 4.79 Å². The molecule has 0 saturated heterocycles. The quantitative estimate of drug-likeness (QED) is 0.814. The molecule has 3 rings (SSSR count). The lowest BCUT2D eigenvalue weighted by molar-refractivity contribution is -0.119. The van der Waals surface area contributed by atoms with E-state index in [-0.39, 0.29) is 11.4 Å². The molecule has 0 bridgehead atoms. The van der Waals surface area contributed by atoms with Gasteiger partial charge in [0.2, 0.25) is 5.78 Å². The maximum Gasteiger partial charge on any atom is 0.287 e. The molecule has 0 radical (unpaired) electrons. The largest absolute Gasteiger partial charge is 0.503 e. The first-order chi connectivity index (χ1) is 11.6. The monoisotopic (exact) mass is 345 g/mol. The van der Waals surface area contributed by atoms with Gasteiger partial charge in [-0.1, -0.05) is 12.1 Å². The number of thiophene rings is 1. The minimum absolute atomic E-state index is 0.0367. The van der Waals surface area contributed by atoms with Gasteiger partial charge in [0, 0.05) is 0 Å². The predicted octanol–water partition coefficient (Wildman–Crippen LogP) is 2.63. The number of ketones is 1. The number of methoxy groups -OCH3 is 2. The molecule has 0 saturated carbocycles. The van der Waals surface area contributed by atoms with Gasteiger partial charge in [0.05, 0.1) is 30.7 Å². The zero-order valence-electron chi connectivity index (χ0n) is 13.0. The number of hydrogen-bond acceptors (Lipinski definition) is 6. The first kappa shape index (κ1) is 16.1. The van der Waals surface area contributed by atoms with Crippen molar-refractivity contribution in [2.24, 2.45) is 0 Å². The number of amides is 1. The summed E-state index contributed by atoms with van der Waals surface area (Å²) >= 11 is 1.25. The number of aliphatic hydroxyl groups is 1. The Morgan fingerprint density at radius 1 is 1.21 bits per heavy atom. The van der Waals surface area contributed by atoms with E-state index in [4.69, 9.17) is 9.47 Å². The van der Waals surface area contributed by atoms with Gasteiger partial charge in [-0.15, -0.1) is 11.3 Å². The lowest BCUT2D eigenvalue weighted by atomic mass is 9.96. The van der Waals surface area contributed by atoms with Gasteiger partial charge in [-0.2, -0.15) is 0 Å². The molecule has 7 heteroatoms. The molecule has 0 spiro atoms. The molecule has 1 amide bonds. The highest BCUT2D eigenvalue weighted by molar-refractivity contribution is 7.12. The van der Waals surface area contributed by atoms with Crippen molar-refractivity contribution >= 4 is 23.0 Å². The van der Waals surface area contributed by atoms with E-state index in [2.05, 4.69) is 5.32 Å². The van der Waals surface area contributed by atoms with Gasteiger partial charge in [-0.25, -0.2) is 0 Å². The fraction of sp³-hybridized carbons (Fsp3) is 0.176. The SMILES string of the molecule is COc1ccc([C@@H]2NC(=O)C(O)=C2C(=O)c2cccs2)cc1OC. The molecule has 0 aliphatic carbocycles. The van der Waals surface area contributed by atoms with Crippen LogP contribution in [-0.4, -0.2) is 31.0 Å². The van der Waals surface area contributed by atoms with E-state index >= 15 is 0 Å². The van der Waals surface area contributed by atoms with Crippen LogP contribution in [0.25, 0.3) is 0 Å². The Labute approximate surface area is 142 Å². The topological polar surface area (TPSA) is 84.9 Å². The second-order valence-electron chi connectivity index (χ2n) is 5.09. The fourth-order valence-electron chi connectivity index (χ4n) is 2.59. The number of carbonyl (C=O) groups excluding carboxylic acids is 2. The van der Waals surface area contributed by atoms with E-state index in [1.165, 1.54) is 25.6 Å². The summed E-state index contributed by atoms with van der Waals surface area (Å²) in [5.41, 5.74) is 0.652. The zero-order chi connectivity index (χ0) is 17.3. The molecule has 24 heavy (non-hydrogen) atoms. The smallest absolute Gasteiger partial charge is 0.287 e. The zero-order valence-corrected chi connectivity index (χ0v) is 13.8. The molecule has 0 unspecified atom stereocenters. The summed E-state index contributed by atoms with van der Waals surface area (Å²) in [7, 11) is 3.02. The van der Waals surface area contributed by atoms with E-state index < -0.39 is 17.7 Å². The molecule has 6 nitrogen and oxygen atoms in total. The predicted molar refractivity (Wildman–Crippen MR) is 88.7 cm³/mol. The van der Waals surface area contributed by atoms with Crippen molar-refractivity contribution < 1.29 is 24.2 Å². The molecule has 1 aliphatic heterocycles. The van der Waals surface area contributed by atoms with Crippen LogP contribution in [0.4, 0.5) is 0 Å². The van der Waals surface area contributed by atoms with Gasteiger partial charge in [0.25, 0.3) is 5.91 Å². The Morgan fingerprint density at radius 2 is 1.96 bits per heavy atom. The first-order valence-corrected chi connectivity index (χ1v) is 7.99. The van der Waals surface area contributed by atoms with Crippen LogP contribution in [0, 0.1) is 0 Å². The van der Waals surface area contributed by atoms with Crippen LogP contribution in [0.5, 0.6) is 11.5 Å². The molecule has 1 aromatic carbocycles. The van der Waals surface area contributed by atoms with Gasteiger partial charge in [0.1, 0.15) is 0 Å². The average Bonchev–Trinajstić information content (AvgIpc) is 3.23. The summed E-state index contributed by atoms with van der Waals surface area (Å²) in [6, 6.07) is 7.72. The summed E-state index contributed by atoms with van der Waals surface area (Å²) in [4.78, 5) is 25.0. The number of hydrogen-bond donors (Lipinski definition) is 2. The maximum absolute atomic E-state index is 12.7. The van der Waals surface area contributed by atoms with Crippen LogP contribution >= 0.6 is 11.3 Å². The van der Waals surface area contributed by atoms with Crippen LogP contribution in [0.15, 0.2) is 47.0 Å². The second kappa shape index (κ2) is 6.37. The van der Waals surface area contributed by atoms with Crippen molar-refractivity contribution in [2.45, 2.75) is 6.04 Å². The van der Waals surface area contributed by atoms with Crippen LogP contribution in [0.1, 0.15) is 21.3 Å². The number of ether oxygens (including phenoxy) is 2. The lowest BCUT2D eigenvalue weighted by Crippen LogP contribution is -2.23. The third-order valence-corrected chi connectivity index (χ3v) is 4.63. The van der Waals surface area contributed by atoms with Crippen LogP contribution in [0.2, 0.25) is 0 Å². The van der Waals surface area contributed by atoms with Crippen molar-refractivity contribution in [1.29, 1.82) is 0 Å². The molecule has 124 valence electrons. The summed E-state index contributed by atoms with van der Waals surface area (Å²) in [5.74, 6) is -0.591. The third-order valence-electron chi connectivity index (χ3n) is 3.76. The number of rotatable bonds is 5. The van der Waals surface area contributed by atoms with Crippen LogP contribution in [0.3, 0.4) is 0 Å². The summed E-state index contributed by atoms with van der Waals surface area (Å²) in [5, 5.41) is 14.5. The van der Waals surface area contributed by atoms with Gasteiger partial charge in [-0.05, 0) is 29.1 Å². The molecular weight excluding hydrogens is 330 g/mol. The molecule has 1 atom stereocenters. The number of aliphatic hydroxyl groups excluding tert-OH is 1. The maximum atomic E-state index is 12.7. The van der Waals surface area contributed by atoms with Gasteiger partial charge >= 0.3 is 0 Å². The van der Waals surface area contributed by atoms with Gasteiger partial charge < -0.3 is 19.9 Å². The summed E-state index contributed by atoms with van der Waals surface area (Å²) < 4.78 is 10.4. The Hall–Kier alpha value is -2.80. The number of nitrogens with one attached hydrogen (secondary N) is 1. The summed E-state index contributed by atoms with van der Waals surface area (Å²) in [6.45, 7) is 0. The Bertz CT molecular complexity index is 826. The minimum Gasteiger partial charge on any atom is -0.503 e. The van der Waals surface area contributed by atoms with E-state index in [0.717, 1.165) is 0 Å². The van der Waals surface area contributed by atoms with Crippen molar-refractivity contribution in [3.05, 3.63) is 57.5 Å². The number of benzene rings is 1. The normalized spacial score (nSPS) is 16.9. The molecule has 1 aromatic heterocycles.